The summed E-state index contributed by atoms with van der Waals surface area (Å²) in [7, 11) is 0. The van der Waals surface area contributed by atoms with Gasteiger partial charge in [-0.05, 0) is 32.2 Å². The zero-order chi connectivity index (χ0) is 14.8. The molecule has 0 bridgehead atoms. The molecule has 21 heavy (non-hydrogen) atoms. The van der Waals surface area contributed by atoms with Gasteiger partial charge in [-0.25, -0.2) is 0 Å². The number of hydrogen-bond donors (Lipinski definition) is 0. The molecule has 0 N–H and O–H groups in total. The zero-order valence-electron chi connectivity index (χ0n) is 13.8. The lowest BCUT2D eigenvalue weighted by molar-refractivity contribution is 0.101. The minimum atomic E-state index is 0.504. The summed E-state index contributed by atoms with van der Waals surface area (Å²) in [4.78, 5) is 2.66. The van der Waals surface area contributed by atoms with Crippen LogP contribution in [0.5, 0.6) is 0 Å². The Bertz CT molecular complexity index is 481. The number of piperidine rings is 1. The predicted octanol–water partition coefficient (Wildman–Crippen LogP) is 3.16. The predicted molar refractivity (Wildman–Crippen MR) is 84.3 cm³/mol. The van der Waals surface area contributed by atoms with E-state index in [1.165, 1.54) is 49.3 Å². The molecule has 0 aliphatic carbocycles. The molecule has 1 aromatic heterocycles. The number of likely N-dealkylation sites (tertiary alicyclic amines) is 1. The van der Waals surface area contributed by atoms with E-state index in [1.54, 1.807) is 0 Å². The Labute approximate surface area is 128 Å². The Morgan fingerprint density at radius 3 is 2.95 bits per heavy atom. The Balaban J connectivity index is 1.92. The molecule has 1 atom stereocenters. The number of aryl methyl sites for hydroxylation is 1. The van der Waals surface area contributed by atoms with Crippen molar-refractivity contribution in [1.82, 2.24) is 14.7 Å². The summed E-state index contributed by atoms with van der Waals surface area (Å²) in [5.74, 6) is 0.714. The lowest BCUT2D eigenvalue weighted by atomic mass is 9.94. The van der Waals surface area contributed by atoms with Crippen LogP contribution in [0, 0.1) is 5.92 Å². The van der Waals surface area contributed by atoms with Gasteiger partial charge < -0.3 is 4.74 Å². The summed E-state index contributed by atoms with van der Waals surface area (Å²) >= 11 is 0. The maximum atomic E-state index is 5.73. The summed E-state index contributed by atoms with van der Waals surface area (Å²) in [6.07, 6.45) is 4.93. The van der Waals surface area contributed by atoms with Crippen molar-refractivity contribution < 1.29 is 4.74 Å². The molecule has 3 rings (SSSR count). The first-order chi connectivity index (χ1) is 10.2. The minimum Gasteiger partial charge on any atom is -0.376 e. The van der Waals surface area contributed by atoms with E-state index in [1.807, 2.05) is 0 Å². The van der Waals surface area contributed by atoms with Crippen molar-refractivity contribution in [3.8, 4) is 0 Å². The maximum absolute atomic E-state index is 5.73. The fourth-order valence-corrected chi connectivity index (χ4v) is 3.85. The van der Waals surface area contributed by atoms with Gasteiger partial charge in [0.1, 0.15) is 0 Å². The van der Waals surface area contributed by atoms with Gasteiger partial charge >= 0.3 is 0 Å². The van der Waals surface area contributed by atoms with E-state index < -0.39 is 0 Å². The molecular weight excluding hydrogens is 262 g/mol. The smallest absolute Gasteiger partial charge is 0.0854 e. The third-order valence-corrected chi connectivity index (χ3v) is 4.76. The normalized spacial score (nSPS) is 23.5. The number of nitrogens with zero attached hydrogens (tertiary/aromatic N) is 3. The molecule has 1 fully saturated rings. The maximum Gasteiger partial charge on any atom is 0.0854 e. The van der Waals surface area contributed by atoms with Gasteiger partial charge in [0.2, 0.25) is 0 Å². The van der Waals surface area contributed by atoms with Crippen molar-refractivity contribution >= 4 is 0 Å². The molecule has 1 saturated heterocycles. The molecule has 4 nitrogen and oxygen atoms in total. The molecule has 0 amide bonds. The van der Waals surface area contributed by atoms with E-state index in [-0.39, 0.29) is 0 Å². The summed E-state index contributed by atoms with van der Waals surface area (Å²) in [5.41, 5.74) is 4.13. The molecule has 2 aliphatic rings. The van der Waals surface area contributed by atoms with Gasteiger partial charge in [-0.15, -0.1) is 0 Å². The molecule has 0 saturated carbocycles. The third kappa shape index (κ3) is 3.02. The van der Waals surface area contributed by atoms with Crippen LogP contribution in [-0.2, 0) is 24.3 Å². The van der Waals surface area contributed by atoms with Crippen molar-refractivity contribution in [1.29, 1.82) is 0 Å². The van der Waals surface area contributed by atoms with Crippen molar-refractivity contribution in [2.75, 3.05) is 19.7 Å². The Kier molecular flexibility index (Phi) is 4.65. The lowest BCUT2D eigenvalue weighted by Gasteiger charge is -2.36. The van der Waals surface area contributed by atoms with Gasteiger partial charge in [-0.1, -0.05) is 20.3 Å². The number of fused-ring (bicyclic) bond motifs is 1. The fraction of sp³-hybridized carbons (Fsp3) is 0.824. The van der Waals surface area contributed by atoms with E-state index >= 15 is 0 Å². The van der Waals surface area contributed by atoms with Gasteiger partial charge in [0.05, 0.1) is 24.9 Å². The van der Waals surface area contributed by atoms with Crippen molar-refractivity contribution in [2.24, 2.45) is 5.92 Å². The largest absolute Gasteiger partial charge is 0.376 e. The fourth-order valence-electron chi connectivity index (χ4n) is 3.85. The molecule has 1 unspecified atom stereocenters. The highest BCUT2D eigenvalue weighted by Crippen LogP contribution is 2.35. The van der Waals surface area contributed by atoms with Crippen LogP contribution >= 0.6 is 0 Å². The van der Waals surface area contributed by atoms with Gasteiger partial charge in [0, 0.05) is 30.8 Å². The van der Waals surface area contributed by atoms with Crippen LogP contribution < -0.4 is 0 Å². The second-order valence-electron chi connectivity index (χ2n) is 6.83. The number of hydrogen-bond acceptors (Lipinski definition) is 3. The van der Waals surface area contributed by atoms with Crippen LogP contribution in [0.15, 0.2) is 0 Å². The molecule has 4 heteroatoms. The van der Waals surface area contributed by atoms with Gasteiger partial charge in [0.25, 0.3) is 0 Å². The van der Waals surface area contributed by atoms with Crippen LogP contribution in [-0.4, -0.2) is 34.4 Å². The molecule has 3 heterocycles. The molecule has 2 aliphatic heterocycles. The highest BCUT2D eigenvalue weighted by atomic mass is 16.5. The Morgan fingerprint density at radius 2 is 2.19 bits per heavy atom. The SMILES string of the molecule is CCn1nc(C2CCCCN2CC(C)C)c2c1CCOC2. The average molecular weight is 291 g/mol. The van der Waals surface area contributed by atoms with Crippen LogP contribution in [0.25, 0.3) is 0 Å². The summed E-state index contributed by atoms with van der Waals surface area (Å²) < 4.78 is 7.95. The monoisotopic (exact) mass is 291 g/mol. The van der Waals surface area contributed by atoms with E-state index in [4.69, 9.17) is 9.84 Å². The highest BCUT2D eigenvalue weighted by molar-refractivity contribution is 5.30. The lowest BCUT2D eigenvalue weighted by Crippen LogP contribution is -2.36. The molecule has 118 valence electrons. The second kappa shape index (κ2) is 6.49. The summed E-state index contributed by atoms with van der Waals surface area (Å²) in [5, 5.41) is 4.99. The van der Waals surface area contributed by atoms with Crippen molar-refractivity contribution in [3.05, 3.63) is 17.0 Å². The number of rotatable bonds is 4. The molecule has 0 radical (unpaired) electrons. The topological polar surface area (TPSA) is 30.3 Å². The summed E-state index contributed by atoms with van der Waals surface area (Å²) in [6.45, 7) is 11.8. The van der Waals surface area contributed by atoms with Crippen molar-refractivity contribution in [3.63, 3.8) is 0 Å². The van der Waals surface area contributed by atoms with E-state index in [0.717, 1.165) is 26.2 Å². The number of ether oxygens (including phenoxy) is 1. The van der Waals surface area contributed by atoms with Gasteiger partial charge in [-0.2, -0.15) is 5.10 Å². The first kappa shape index (κ1) is 15.0. The van der Waals surface area contributed by atoms with E-state index in [0.29, 0.717) is 12.0 Å². The Hall–Kier alpha value is -0.870. The van der Waals surface area contributed by atoms with Crippen LogP contribution in [0.3, 0.4) is 0 Å². The highest BCUT2D eigenvalue weighted by Gasteiger charge is 2.31. The van der Waals surface area contributed by atoms with Crippen molar-refractivity contribution in [2.45, 2.75) is 65.6 Å². The minimum absolute atomic E-state index is 0.504. The first-order valence-corrected chi connectivity index (χ1v) is 8.61. The summed E-state index contributed by atoms with van der Waals surface area (Å²) in [6, 6.07) is 0.504. The average Bonchev–Trinajstić information content (AvgIpc) is 2.86. The molecule has 0 aromatic carbocycles. The number of aromatic nitrogens is 2. The first-order valence-electron chi connectivity index (χ1n) is 8.61. The molecule has 1 aromatic rings. The van der Waals surface area contributed by atoms with Gasteiger partial charge in [-0.3, -0.25) is 9.58 Å². The quantitative estimate of drug-likeness (QED) is 0.853. The van der Waals surface area contributed by atoms with E-state index in [9.17, 15) is 0 Å². The zero-order valence-corrected chi connectivity index (χ0v) is 13.8. The second-order valence-corrected chi connectivity index (χ2v) is 6.83. The van der Waals surface area contributed by atoms with Crippen LogP contribution in [0.1, 0.15) is 63.0 Å². The van der Waals surface area contributed by atoms with Gasteiger partial charge in [0.15, 0.2) is 0 Å². The molecule has 0 spiro atoms. The van der Waals surface area contributed by atoms with Crippen LogP contribution in [0.2, 0.25) is 0 Å². The Morgan fingerprint density at radius 1 is 1.33 bits per heavy atom. The van der Waals surface area contributed by atoms with Crippen LogP contribution in [0.4, 0.5) is 0 Å². The molecular formula is C17H29N3O. The van der Waals surface area contributed by atoms with E-state index in [2.05, 4.69) is 30.4 Å². The standard InChI is InChI=1S/C17H29N3O/c1-4-20-15-8-10-21-12-14(15)17(18-20)16-7-5-6-9-19(16)11-13(2)3/h13,16H,4-12H2,1-3H3. The third-order valence-electron chi connectivity index (χ3n) is 4.76.